The first-order valence-corrected chi connectivity index (χ1v) is 13.3. The highest BCUT2D eigenvalue weighted by Crippen LogP contribution is 2.41. The molecular formula is C29H40N2O3. The lowest BCUT2D eigenvalue weighted by Crippen LogP contribution is -2.45. The topological polar surface area (TPSA) is 72.5 Å². The molecule has 34 heavy (non-hydrogen) atoms. The number of furan rings is 1. The second-order valence-corrected chi connectivity index (χ2v) is 12.1. The number of Topliss-reactive ketones (excluding diaryl/α,β-unsaturated/α-hetero) is 2. The molecule has 2 bridgehead atoms. The van der Waals surface area contributed by atoms with E-state index in [1.165, 1.54) is 32.1 Å². The van der Waals surface area contributed by atoms with Crippen LogP contribution < -0.4 is 5.32 Å². The fourth-order valence-electron chi connectivity index (χ4n) is 6.56. The van der Waals surface area contributed by atoms with Gasteiger partial charge >= 0.3 is 0 Å². The van der Waals surface area contributed by atoms with Gasteiger partial charge in [-0.2, -0.15) is 0 Å². The molecule has 5 heteroatoms. The Hall–Kier alpha value is -1.98. The first-order chi connectivity index (χ1) is 16.3. The highest BCUT2D eigenvalue weighted by atomic mass is 16.3. The van der Waals surface area contributed by atoms with Gasteiger partial charge in [0.05, 0.1) is 6.54 Å². The van der Waals surface area contributed by atoms with Crippen LogP contribution in [0.2, 0.25) is 0 Å². The van der Waals surface area contributed by atoms with Crippen molar-refractivity contribution in [2.24, 2.45) is 11.3 Å². The van der Waals surface area contributed by atoms with E-state index >= 15 is 0 Å². The van der Waals surface area contributed by atoms with Crippen molar-refractivity contribution in [2.75, 3.05) is 6.54 Å². The van der Waals surface area contributed by atoms with Crippen LogP contribution in [0.5, 0.6) is 0 Å². The number of hydrogen-bond acceptors (Lipinski definition) is 5. The van der Waals surface area contributed by atoms with Gasteiger partial charge in [-0.25, -0.2) is 0 Å². The van der Waals surface area contributed by atoms with E-state index in [2.05, 4.69) is 31.0 Å². The quantitative estimate of drug-likeness (QED) is 0.275. The molecule has 1 aromatic carbocycles. The van der Waals surface area contributed by atoms with E-state index in [0.717, 1.165) is 29.7 Å². The number of unbranched alkanes of at least 4 members (excludes halogenated alkanes) is 1. The summed E-state index contributed by atoms with van der Waals surface area (Å²) < 4.78 is 5.72. The van der Waals surface area contributed by atoms with E-state index in [1.54, 1.807) is 0 Å². The number of hydrogen-bond donors (Lipinski definition) is 1. The fourth-order valence-corrected chi connectivity index (χ4v) is 6.56. The molecule has 4 heterocycles. The largest absolute Gasteiger partial charge is 0.453 e. The molecule has 1 aromatic heterocycles. The number of ketones is 2. The third-order valence-corrected chi connectivity index (χ3v) is 8.37. The zero-order valence-corrected chi connectivity index (χ0v) is 21.0. The van der Waals surface area contributed by atoms with Gasteiger partial charge in [-0.15, -0.1) is 0 Å². The van der Waals surface area contributed by atoms with Gasteiger partial charge in [-0.1, -0.05) is 51.8 Å². The van der Waals surface area contributed by atoms with Crippen molar-refractivity contribution in [1.82, 2.24) is 10.2 Å². The minimum absolute atomic E-state index is 0.114. The van der Waals surface area contributed by atoms with Gasteiger partial charge in [0.25, 0.3) is 0 Å². The minimum atomic E-state index is 0.114. The Kier molecular flexibility index (Phi) is 6.69. The number of fused-ring (bicyclic) bond motifs is 3. The summed E-state index contributed by atoms with van der Waals surface area (Å²) in [5.41, 5.74) is 1.02. The molecule has 2 unspecified atom stereocenters. The van der Waals surface area contributed by atoms with Gasteiger partial charge in [0.2, 0.25) is 0 Å². The predicted octanol–water partition coefficient (Wildman–Crippen LogP) is 5.76. The van der Waals surface area contributed by atoms with Crippen LogP contribution in [0.1, 0.15) is 89.1 Å². The van der Waals surface area contributed by atoms with E-state index in [0.29, 0.717) is 55.1 Å². The second-order valence-electron chi connectivity index (χ2n) is 12.1. The summed E-state index contributed by atoms with van der Waals surface area (Å²) in [6.45, 7) is 7.38. The summed E-state index contributed by atoms with van der Waals surface area (Å²) in [4.78, 5) is 27.8. The maximum atomic E-state index is 12.8. The monoisotopic (exact) mass is 464 g/mol. The van der Waals surface area contributed by atoms with Crippen molar-refractivity contribution in [2.45, 2.75) is 103 Å². The van der Waals surface area contributed by atoms with Crippen LogP contribution in [-0.2, 0) is 4.79 Å². The Morgan fingerprint density at radius 3 is 2.50 bits per heavy atom. The molecule has 3 fully saturated rings. The van der Waals surface area contributed by atoms with Crippen molar-refractivity contribution in [3.05, 3.63) is 36.1 Å². The van der Waals surface area contributed by atoms with Gasteiger partial charge in [0, 0.05) is 42.4 Å². The molecule has 3 saturated heterocycles. The molecule has 0 radical (unpaired) electrons. The molecule has 1 N–H and O–H groups in total. The van der Waals surface area contributed by atoms with Gasteiger partial charge in [0.1, 0.15) is 11.4 Å². The lowest BCUT2D eigenvalue weighted by molar-refractivity contribution is -0.121. The number of para-hydroxylation sites is 1. The summed E-state index contributed by atoms with van der Waals surface area (Å²) in [5, 5.41) is 4.50. The number of benzene rings is 1. The standard InChI is InChI=1S/C29H40N2O3/c1-29(2,3)28-24(30-28)17-23(32)18-31-21-12-13-22(31)15-19(14-21)8-4-6-10-25(33)27-16-20-9-5-7-11-26(20)34-27/h5,7,9,11,16,19,21-22,24,28,30H,4,6,8,10,12-15,17-18H2,1-3H3/t19-,21-,22+,24?,28?. The SMILES string of the molecule is CC(C)(C)C1NC1CC(=O)CN1[C@@H]2CC[C@H]1C[C@H](CCCCC(=O)c1cc3ccccc3o1)C2. The molecule has 0 spiro atoms. The summed E-state index contributed by atoms with van der Waals surface area (Å²) in [5.74, 6) is 1.75. The van der Waals surface area contributed by atoms with Crippen molar-refractivity contribution < 1.29 is 14.0 Å². The van der Waals surface area contributed by atoms with E-state index in [1.807, 2.05) is 30.3 Å². The van der Waals surface area contributed by atoms with Crippen LogP contribution in [0.3, 0.4) is 0 Å². The highest BCUT2D eigenvalue weighted by molar-refractivity contribution is 5.97. The Balaban J connectivity index is 1.02. The summed E-state index contributed by atoms with van der Waals surface area (Å²) >= 11 is 0. The normalized spacial score (nSPS) is 29.0. The molecular weight excluding hydrogens is 424 g/mol. The second kappa shape index (κ2) is 9.58. The number of carbonyl (C=O) groups is 2. The van der Waals surface area contributed by atoms with Crippen molar-refractivity contribution in [3.63, 3.8) is 0 Å². The zero-order valence-electron chi connectivity index (χ0n) is 21.0. The van der Waals surface area contributed by atoms with Gasteiger partial charge in [-0.3, -0.25) is 14.5 Å². The Morgan fingerprint density at radius 1 is 1.09 bits per heavy atom. The van der Waals surface area contributed by atoms with Crippen molar-refractivity contribution >= 4 is 22.5 Å². The predicted molar refractivity (Wildman–Crippen MR) is 135 cm³/mol. The number of carbonyl (C=O) groups excluding carboxylic acids is 2. The summed E-state index contributed by atoms with van der Waals surface area (Å²) in [7, 11) is 0. The minimum Gasteiger partial charge on any atom is -0.453 e. The molecule has 5 nitrogen and oxygen atoms in total. The van der Waals surface area contributed by atoms with E-state index < -0.39 is 0 Å². The Morgan fingerprint density at radius 2 is 1.82 bits per heavy atom. The maximum Gasteiger partial charge on any atom is 0.198 e. The maximum absolute atomic E-state index is 12.8. The Labute approximate surface area is 203 Å². The lowest BCUT2D eigenvalue weighted by Gasteiger charge is -2.38. The third-order valence-electron chi connectivity index (χ3n) is 8.37. The fraction of sp³-hybridized carbons (Fsp3) is 0.655. The first-order valence-electron chi connectivity index (χ1n) is 13.3. The zero-order chi connectivity index (χ0) is 23.9. The van der Waals surface area contributed by atoms with Crippen LogP contribution in [0, 0.1) is 11.3 Å². The Bertz CT molecular complexity index is 988. The summed E-state index contributed by atoms with van der Waals surface area (Å²) in [6.07, 6.45) is 9.37. The van der Waals surface area contributed by atoms with Crippen molar-refractivity contribution in [3.8, 4) is 0 Å². The van der Waals surface area contributed by atoms with Crippen LogP contribution >= 0.6 is 0 Å². The average Bonchev–Trinajstić information content (AvgIpc) is 3.37. The lowest BCUT2D eigenvalue weighted by atomic mass is 9.86. The molecule has 3 aliphatic heterocycles. The molecule has 5 rings (SSSR count). The van der Waals surface area contributed by atoms with Gasteiger partial charge in [0.15, 0.2) is 11.5 Å². The molecule has 3 aliphatic rings. The molecule has 5 atom stereocenters. The molecule has 0 amide bonds. The smallest absolute Gasteiger partial charge is 0.198 e. The van der Waals surface area contributed by atoms with Crippen LogP contribution in [0.15, 0.2) is 34.7 Å². The van der Waals surface area contributed by atoms with E-state index in [4.69, 9.17) is 4.42 Å². The van der Waals surface area contributed by atoms with E-state index in [9.17, 15) is 9.59 Å². The van der Waals surface area contributed by atoms with Gasteiger partial charge in [-0.05, 0) is 55.6 Å². The number of rotatable bonds is 10. The van der Waals surface area contributed by atoms with E-state index in [-0.39, 0.29) is 11.2 Å². The number of nitrogens with zero attached hydrogens (tertiary/aromatic N) is 1. The molecule has 0 aliphatic carbocycles. The van der Waals surface area contributed by atoms with Crippen molar-refractivity contribution in [1.29, 1.82) is 0 Å². The van der Waals surface area contributed by atoms with Crippen LogP contribution in [0.4, 0.5) is 0 Å². The van der Waals surface area contributed by atoms with Gasteiger partial charge < -0.3 is 9.73 Å². The number of nitrogens with one attached hydrogen (secondary N) is 1. The molecule has 2 aromatic rings. The highest BCUT2D eigenvalue weighted by Gasteiger charge is 2.46. The summed E-state index contributed by atoms with van der Waals surface area (Å²) in [6, 6.07) is 11.7. The molecule has 184 valence electrons. The van der Waals surface area contributed by atoms with Crippen LogP contribution in [-0.4, -0.2) is 47.2 Å². The number of piperidine rings is 1. The average molecular weight is 465 g/mol. The van der Waals surface area contributed by atoms with Crippen LogP contribution in [0.25, 0.3) is 11.0 Å². The third kappa shape index (κ3) is 5.31. The first kappa shape index (κ1) is 23.7. The molecule has 0 saturated carbocycles.